The van der Waals surface area contributed by atoms with Crippen molar-refractivity contribution in [2.75, 3.05) is 0 Å². The van der Waals surface area contributed by atoms with Gasteiger partial charge in [0, 0.05) is 5.92 Å². The molecule has 0 aromatic heterocycles. The first kappa shape index (κ1) is 5.81. The first-order chi connectivity index (χ1) is 5.27. The zero-order valence-electron chi connectivity index (χ0n) is 6.25. The molecule has 4 unspecified atom stereocenters. The number of hydrogen-bond acceptors (Lipinski definition) is 2. The number of hydrogen-bond donors (Lipinski definition) is 0. The number of carbonyl (C=O) groups excluding carboxylic acids is 1. The van der Waals surface area contributed by atoms with Gasteiger partial charge in [0.1, 0.15) is 6.10 Å². The van der Waals surface area contributed by atoms with Crippen LogP contribution in [0.15, 0.2) is 12.2 Å². The third-order valence-corrected chi connectivity index (χ3v) is 3.42. The van der Waals surface area contributed by atoms with E-state index < -0.39 is 0 Å². The highest BCUT2D eigenvalue weighted by molar-refractivity contribution is 5.80. The van der Waals surface area contributed by atoms with E-state index in [0.717, 1.165) is 18.4 Å². The molecular weight excluding hydrogens is 140 g/mol. The van der Waals surface area contributed by atoms with Crippen LogP contribution in [0.4, 0.5) is 0 Å². The van der Waals surface area contributed by atoms with Gasteiger partial charge in [-0.2, -0.15) is 0 Å². The van der Waals surface area contributed by atoms with Gasteiger partial charge in [-0.25, -0.2) is 0 Å². The fourth-order valence-corrected chi connectivity index (χ4v) is 2.90. The Kier molecular flexibility index (Phi) is 0.803. The van der Waals surface area contributed by atoms with Crippen LogP contribution in [0.2, 0.25) is 0 Å². The lowest BCUT2D eigenvalue weighted by Crippen LogP contribution is -2.17. The largest absolute Gasteiger partial charge is 0.462 e. The Morgan fingerprint density at radius 3 is 2.91 bits per heavy atom. The van der Waals surface area contributed by atoms with Crippen molar-refractivity contribution in [3.63, 3.8) is 0 Å². The predicted octanol–water partition coefficient (Wildman–Crippen LogP) is 1.12. The Morgan fingerprint density at radius 2 is 2.27 bits per heavy atom. The van der Waals surface area contributed by atoms with Crippen LogP contribution in [0.1, 0.15) is 12.8 Å². The van der Waals surface area contributed by atoms with Gasteiger partial charge in [0.05, 0.1) is 5.92 Å². The molecule has 0 radical (unpaired) electrons. The molecule has 0 spiro atoms. The molecule has 58 valence electrons. The summed E-state index contributed by atoms with van der Waals surface area (Å²) in [7, 11) is 0. The standard InChI is InChI=1S/C9H10O2/c1-4-5-2-6-7(3-5)11-9(10)8(4)6/h5-8H,1-3H2. The quantitative estimate of drug-likeness (QED) is 0.382. The Balaban J connectivity index is 2.12. The Labute approximate surface area is 65.2 Å². The summed E-state index contributed by atoms with van der Waals surface area (Å²) < 4.78 is 5.21. The van der Waals surface area contributed by atoms with E-state index in [-0.39, 0.29) is 18.0 Å². The zero-order valence-corrected chi connectivity index (χ0v) is 6.25. The van der Waals surface area contributed by atoms with E-state index in [4.69, 9.17) is 4.74 Å². The lowest BCUT2D eigenvalue weighted by atomic mass is 9.86. The van der Waals surface area contributed by atoms with Crippen LogP contribution in [-0.2, 0) is 9.53 Å². The van der Waals surface area contributed by atoms with E-state index in [1.165, 1.54) is 0 Å². The third-order valence-electron chi connectivity index (χ3n) is 3.42. The van der Waals surface area contributed by atoms with Gasteiger partial charge >= 0.3 is 5.97 Å². The first-order valence-corrected chi connectivity index (χ1v) is 4.16. The van der Waals surface area contributed by atoms with E-state index in [1.54, 1.807) is 0 Å². The molecule has 2 bridgehead atoms. The van der Waals surface area contributed by atoms with Gasteiger partial charge in [-0.05, 0) is 18.8 Å². The smallest absolute Gasteiger partial charge is 0.313 e. The molecule has 0 amide bonds. The Bertz CT molecular complexity index is 254. The minimum atomic E-state index is -0.00926. The van der Waals surface area contributed by atoms with E-state index in [2.05, 4.69) is 6.58 Å². The van der Waals surface area contributed by atoms with Crippen molar-refractivity contribution in [3.8, 4) is 0 Å². The number of esters is 1. The van der Waals surface area contributed by atoms with Crippen molar-refractivity contribution in [2.45, 2.75) is 18.9 Å². The second kappa shape index (κ2) is 1.52. The fraction of sp³-hybridized carbons (Fsp3) is 0.667. The van der Waals surface area contributed by atoms with Crippen molar-refractivity contribution in [1.82, 2.24) is 0 Å². The number of ether oxygens (including phenoxy) is 1. The lowest BCUT2D eigenvalue weighted by Gasteiger charge is -2.14. The fourth-order valence-electron chi connectivity index (χ4n) is 2.90. The SMILES string of the molecule is C=C1C2CC3OC(=O)C1C3C2. The number of carbonyl (C=O) groups is 1. The minimum absolute atomic E-state index is 0.00926. The van der Waals surface area contributed by atoms with Crippen LogP contribution in [0.25, 0.3) is 0 Å². The summed E-state index contributed by atoms with van der Waals surface area (Å²) >= 11 is 0. The van der Waals surface area contributed by atoms with Gasteiger partial charge < -0.3 is 4.74 Å². The normalized spacial score (nSPS) is 52.0. The van der Waals surface area contributed by atoms with E-state index in [0.29, 0.717) is 11.8 Å². The third kappa shape index (κ3) is 0.492. The summed E-state index contributed by atoms with van der Waals surface area (Å²) in [6, 6.07) is 0. The van der Waals surface area contributed by atoms with Gasteiger partial charge in [-0.1, -0.05) is 12.2 Å². The molecule has 1 heterocycles. The van der Waals surface area contributed by atoms with Crippen molar-refractivity contribution in [1.29, 1.82) is 0 Å². The van der Waals surface area contributed by atoms with Crippen LogP contribution in [0, 0.1) is 17.8 Å². The molecule has 0 N–H and O–H groups in total. The molecule has 2 aliphatic carbocycles. The molecule has 11 heavy (non-hydrogen) atoms. The molecule has 1 aliphatic heterocycles. The monoisotopic (exact) mass is 150 g/mol. The van der Waals surface area contributed by atoms with Gasteiger partial charge in [-0.3, -0.25) is 4.79 Å². The van der Waals surface area contributed by atoms with Crippen LogP contribution < -0.4 is 0 Å². The average molecular weight is 150 g/mol. The molecule has 1 saturated heterocycles. The predicted molar refractivity (Wildman–Crippen MR) is 38.7 cm³/mol. The number of rotatable bonds is 0. The van der Waals surface area contributed by atoms with Gasteiger partial charge in [0.25, 0.3) is 0 Å². The second-order valence-corrected chi connectivity index (χ2v) is 3.86. The molecule has 2 heteroatoms. The maximum Gasteiger partial charge on any atom is 0.313 e. The highest BCUT2D eigenvalue weighted by Crippen LogP contribution is 2.56. The van der Waals surface area contributed by atoms with Gasteiger partial charge in [0.2, 0.25) is 0 Å². The summed E-state index contributed by atoms with van der Waals surface area (Å²) in [6.07, 6.45) is 2.45. The van der Waals surface area contributed by atoms with E-state index in [1.807, 2.05) is 0 Å². The zero-order chi connectivity index (χ0) is 7.59. The highest BCUT2D eigenvalue weighted by Gasteiger charge is 2.58. The van der Waals surface area contributed by atoms with Crippen LogP contribution in [0.3, 0.4) is 0 Å². The minimum Gasteiger partial charge on any atom is -0.462 e. The number of fused-ring (bicyclic) bond motifs is 1. The van der Waals surface area contributed by atoms with E-state index >= 15 is 0 Å². The summed E-state index contributed by atoms with van der Waals surface area (Å²) in [5.74, 6) is 1.17. The molecular formula is C9H10O2. The lowest BCUT2D eigenvalue weighted by molar-refractivity contribution is -0.142. The van der Waals surface area contributed by atoms with Crippen LogP contribution in [0.5, 0.6) is 0 Å². The molecule has 3 aliphatic rings. The molecule has 2 saturated carbocycles. The van der Waals surface area contributed by atoms with Crippen LogP contribution >= 0.6 is 0 Å². The topological polar surface area (TPSA) is 26.3 Å². The van der Waals surface area contributed by atoms with Crippen LogP contribution in [-0.4, -0.2) is 12.1 Å². The van der Waals surface area contributed by atoms with E-state index in [9.17, 15) is 4.79 Å². The first-order valence-electron chi connectivity index (χ1n) is 4.16. The summed E-state index contributed by atoms with van der Waals surface area (Å²) in [5, 5.41) is 0. The molecule has 2 nitrogen and oxygen atoms in total. The molecule has 0 aromatic rings. The van der Waals surface area contributed by atoms with Gasteiger partial charge in [0.15, 0.2) is 0 Å². The molecule has 0 aromatic carbocycles. The van der Waals surface area contributed by atoms with Gasteiger partial charge in [-0.15, -0.1) is 0 Å². The average Bonchev–Trinajstić information content (AvgIpc) is 2.47. The van der Waals surface area contributed by atoms with Crippen molar-refractivity contribution < 1.29 is 9.53 Å². The summed E-state index contributed by atoms with van der Waals surface area (Å²) in [6.45, 7) is 3.97. The van der Waals surface area contributed by atoms with Crippen molar-refractivity contribution in [2.24, 2.45) is 17.8 Å². The summed E-state index contributed by atoms with van der Waals surface area (Å²) in [4.78, 5) is 11.2. The van der Waals surface area contributed by atoms with Crippen molar-refractivity contribution >= 4 is 5.97 Å². The second-order valence-electron chi connectivity index (χ2n) is 3.86. The highest BCUT2D eigenvalue weighted by atomic mass is 16.6. The maximum absolute atomic E-state index is 11.2. The molecule has 3 rings (SSSR count). The molecule has 3 fully saturated rings. The summed E-state index contributed by atoms with van der Waals surface area (Å²) in [5.41, 5.74) is 1.15. The molecule has 4 atom stereocenters. The Morgan fingerprint density at radius 1 is 1.45 bits per heavy atom. The Hall–Kier alpha value is -0.790. The van der Waals surface area contributed by atoms with Crippen molar-refractivity contribution in [3.05, 3.63) is 12.2 Å². The maximum atomic E-state index is 11.2.